The maximum Gasteiger partial charge on any atom is 0.409 e. The second-order valence-electron chi connectivity index (χ2n) is 4.78. The summed E-state index contributed by atoms with van der Waals surface area (Å²) in [5.41, 5.74) is 0.931. The quantitative estimate of drug-likeness (QED) is 0.763. The molecule has 0 fully saturated rings. The molecule has 0 saturated carbocycles. The third-order valence-electron chi connectivity index (χ3n) is 3.15. The number of aliphatic carboxylic acids is 1. The monoisotopic (exact) mass is 294 g/mol. The summed E-state index contributed by atoms with van der Waals surface area (Å²) < 4.78 is 5.18. The number of nitrogens with one attached hydrogen (secondary N) is 1. The van der Waals surface area contributed by atoms with Gasteiger partial charge in [0.05, 0.1) is 0 Å². The van der Waals surface area contributed by atoms with Crippen LogP contribution in [0, 0.1) is 0 Å². The molecule has 0 saturated heterocycles. The number of hydrogen-bond acceptors (Lipinski definition) is 4. The Morgan fingerprint density at radius 3 is 2.57 bits per heavy atom. The van der Waals surface area contributed by atoms with E-state index in [1.54, 1.807) is 14.1 Å². The van der Waals surface area contributed by atoms with E-state index in [-0.39, 0.29) is 6.61 Å². The number of carbonyl (C=O) groups excluding carboxylic acids is 1. The van der Waals surface area contributed by atoms with Crippen molar-refractivity contribution < 1.29 is 19.4 Å². The van der Waals surface area contributed by atoms with Crippen LogP contribution in [0.5, 0.6) is 0 Å². The third-order valence-corrected chi connectivity index (χ3v) is 3.15. The van der Waals surface area contributed by atoms with E-state index in [1.165, 1.54) is 4.90 Å². The van der Waals surface area contributed by atoms with Crippen LogP contribution in [0.15, 0.2) is 30.3 Å². The van der Waals surface area contributed by atoms with Gasteiger partial charge in [-0.3, -0.25) is 4.79 Å². The van der Waals surface area contributed by atoms with Gasteiger partial charge in [-0.2, -0.15) is 0 Å². The molecule has 1 amide bonds. The Hall–Kier alpha value is -2.08. The lowest BCUT2D eigenvalue weighted by atomic mass is 10.1. The summed E-state index contributed by atoms with van der Waals surface area (Å²) in [6.45, 7) is 0.692. The summed E-state index contributed by atoms with van der Waals surface area (Å²) in [5, 5.41) is 11.6. The average molecular weight is 294 g/mol. The van der Waals surface area contributed by atoms with Gasteiger partial charge < -0.3 is 20.1 Å². The Kier molecular flexibility index (Phi) is 7.25. The van der Waals surface area contributed by atoms with Gasteiger partial charge in [-0.05, 0) is 25.5 Å². The fourth-order valence-electron chi connectivity index (χ4n) is 1.84. The normalized spacial score (nSPS) is 11.7. The number of carbonyl (C=O) groups is 2. The zero-order valence-corrected chi connectivity index (χ0v) is 12.4. The molecule has 0 aliphatic heterocycles. The van der Waals surface area contributed by atoms with Crippen molar-refractivity contribution in [3.63, 3.8) is 0 Å². The fourth-order valence-corrected chi connectivity index (χ4v) is 1.84. The summed E-state index contributed by atoms with van der Waals surface area (Å²) >= 11 is 0. The van der Waals surface area contributed by atoms with E-state index >= 15 is 0 Å². The lowest BCUT2D eigenvalue weighted by Gasteiger charge is -2.18. The summed E-state index contributed by atoms with van der Waals surface area (Å²) in [5.74, 6) is -0.883. The lowest BCUT2D eigenvalue weighted by molar-refractivity contribution is -0.139. The molecule has 0 radical (unpaired) electrons. The predicted octanol–water partition coefficient (Wildman–Crippen LogP) is 1.71. The number of benzene rings is 1. The Morgan fingerprint density at radius 1 is 1.33 bits per heavy atom. The van der Waals surface area contributed by atoms with Gasteiger partial charge in [0.2, 0.25) is 0 Å². The Morgan fingerprint density at radius 2 is 2.00 bits per heavy atom. The molecule has 0 aliphatic rings. The van der Waals surface area contributed by atoms with E-state index in [4.69, 9.17) is 9.84 Å². The first-order valence-corrected chi connectivity index (χ1v) is 6.86. The zero-order valence-electron chi connectivity index (χ0n) is 12.4. The molecule has 1 rings (SSSR count). The highest BCUT2D eigenvalue weighted by atomic mass is 16.6. The van der Waals surface area contributed by atoms with Crippen LogP contribution in [0.25, 0.3) is 0 Å². The van der Waals surface area contributed by atoms with Crippen molar-refractivity contribution in [2.24, 2.45) is 0 Å². The van der Waals surface area contributed by atoms with Crippen LogP contribution in [-0.2, 0) is 16.1 Å². The minimum atomic E-state index is -0.883. The number of likely N-dealkylation sites (N-methyl/N-ethyl adjacent to an activating group) is 1. The van der Waals surface area contributed by atoms with Gasteiger partial charge in [0, 0.05) is 13.6 Å². The predicted molar refractivity (Wildman–Crippen MR) is 79.0 cm³/mol. The second kappa shape index (κ2) is 8.97. The molecule has 0 heterocycles. The highest BCUT2D eigenvalue weighted by Crippen LogP contribution is 2.04. The maximum absolute atomic E-state index is 11.8. The van der Waals surface area contributed by atoms with Gasteiger partial charge >= 0.3 is 12.1 Å². The van der Waals surface area contributed by atoms with Crippen molar-refractivity contribution >= 4 is 12.1 Å². The first kappa shape index (κ1) is 17.0. The number of nitrogens with zero attached hydrogens (tertiary/aromatic N) is 1. The highest BCUT2D eigenvalue weighted by Gasteiger charge is 2.16. The van der Waals surface area contributed by atoms with Crippen molar-refractivity contribution in [3.8, 4) is 0 Å². The molecule has 0 unspecified atom stereocenters. The molecule has 6 nitrogen and oxygen atoms in total. The van der Waals surface area contributed by atoms with Gasteiger partial charge in [-0.1, -0.05) is 30.3 Å². The molecule has 1 aromatic rings. The number of amides is 1. The van der Waals surface area contributed by atoms with Gasteiger partial charge in [0.1, 0.15) is 12.6 Å². The first-order chi connectivity index (χ1) is 10.0. The molecule has 0 spiro atoms. The van der Waals surface area contributed by atoms with Crippen LogP contribution in [0.1, 0.15) is 18.4 Å². The van der Waals surface area contributed by atoms with Crippen molar-refractivity contribution in [1.29, 1.82) is 0 Å². The van der Waals surface area contributed by atoms with Gasteiger partial charge in [-0.25, -0.2) is 4.79 Å². The molecular weight excluding hydrogens is 272 g/mol. The largest absolute Gasteiger partial charge is 0.480 e. The van der Waals surface area contributed by atoms with Crippen molar-refractivity contribution in [3.05, 3.63) is 35.9 Å². The van der Waals surface area contributed by atoms with Crippen LogP contribution in [0.3, 0.4) is 0 Å². The van der Waals surface area contributed by atoms with Crippen LogP contribution < -0.4 is 5.32 Å². The third kappa shape index (κ3) is 6.27. The Balaban J connectivity index is 2.26. The molecule has 1 atom stereocenters. The van der Waals surface area contributed by atoms with E-state index in [0.717, 1.165) is 5.56 Å². The summed E-state index contributed by atoms with van der Waals surface area (Å²) in [6, 6.07) is 8.86. The molecule has 2 N–H and O–H groups in total. The van der Waals surface area contributed by atoms with E-state index < -0.39 is 18.1 Å². The summed E-state index contributed by atoms with van der Waals surface area (Å²) in [7, 11) is 3.25. The Bertz CT molecular complexity index is 450. The Labute approximate surface area is 124 Å². The summed E-state index contributed by atoms with van der Waals surface area (Å²) in [6.07, 6.45) is 0.645. The number of rotatable bonds is 8. The number of carboxylic acids is 1. The fraction of sp³-hybridized carbons (Fsp3) is 0.467. The number of hydrogen-bond donors (Lipinski definition) is 2. The first-order valence-electron chi connectivity index (χ1n) is 6.86. The van der Waals surface area contributed by atoms with Crippen LogP contribution in [0.4, 0.5) is 4.79 Å². The number of ether oxygens (including phenoxy) is 1. The van der Waals surface area contributed by atoms with Crippen LogP contribution in [-0.4, -0.2) is 48.8 Å². The average Bonchev–Trinajstić information content (AvgIpc) is 2.49. The zero-order chi connectivity index (χ0) is 15.7. The minimum Gasteiger partial charge on any atom is -0.480 e. The standard InChI is InChI=1S/C15H22N2O4/c1-16-13(14(18)19)9-6-10-17(2)15(20)21-11-12-7-4-3-5-8-12/h3-5,7-8,13,16H,6,9-11H2,1-2H3,(H,18,19)/t13-/m0/s1. The minimum absolute atomic E-state index is 0.234. The molecular formula is C15H22N2O4. The molecule has 21 heavy (non-hydrogen) atoms. The van der Waals surface area contributed by atoms with Crippen molar-refractivity contribution in [2.45, 2.75) is 25.5 Å². The highest BCUT2D eigenvalue weighted by molar-refractivity contribution is 5.73. The summed E-state index contributed by atoms with van der Waals surface area (Å²) in [4.78, 5) is 24.1. The lowest BCUT2D eigenvalue weighted by Crippen LogP contribution is -2.35. The smallest absolute Gasteiger partial charge is 0.409 e. The van der Waals surface area contributed by atoms with Crippen molar-refractivity contribution in [2.75, 3.05) is 20.6 Å². The topological polar surface area (TPSA) is 78.9 Å². The maximum atomic E-state index is 11.8. The van der Waals surface area contributed by atoms with Gasteiger partial charge in [-0.15, -0.1) is 0 Å². The number of carboxylic acid groups (broad SMARTS) is 1. The second-order valence-corrected chi connectivity index (χ2v) is 4.78. The van der Waals surface area contributed by atoms with Crippen molar-refractivity contribution in [1.82, 2.24) is 10.2 Å². The van der Waals surface area contributed by atoms with E-state index in [9.17, 15) is 9.59 Å². The van der Waals surface area contributed by atoms with Gasteiger partial charge in [0.25, 0.3) is 0 Å². The van der Waals surface area contributed by atoms with E-state index in [1.807, 2.05) is 30.3 Å². The van der Waals surface area contributed by atoms with Crippen LogP contribution in [0.2, 0.25) is 0 Å². The van der Waals surface area contributed by atoms with Gasteiger partial charge in [0.15, 0.2) is 0 Å². The van der Waals surface area contributed by atoms with Crippen LogP contribution >= 0.6 is 0 Å². The van der Waals surface area contributed by atoms with E-state index in [0.29, 0.717) is 19.4 Å². The molecule has 116 valence electrons. The SMILES string of the molecule is CN[C@@H](CCCN(C)C(=O)OCc1ccccc1)C(=O)O. The molecule has 1 aromatic carbocycles. The molecule has 0 aliphatic carbocycles. The molecule has 6 heteroatoms. The van der Waals surface area contributed by atoms with E-state index in [2.05, 4.69) is 5.32 Å². The molecule has 0 bridgehead atoms. The molecule has 0 aromatic heterocycles.